The van der Waals surface area contributed by atoms with Crippen LogP contribution in [0.15, 0.2) is 5.38 Å². The van der Waals surface area contributed by atoms with E-state index in [4.69, 9.17) is 4.74 Å². The lowest BCUT2D eigenvalue weighted by Crippen LogP contribution is -2.33. The van der Waals surface area contributed by atoms with Crippen molar-refractivity contribution in [1.82, 2.24) is 4.98 Å². The van der Waals surface area contributed by atoms with E-state index >= 15 is 0 Å². The number of anilines is 1. The number of nitrogens with zero attached hydrogens (tertiary/aromatic N) is 1. The van der Waals surface area contributed by atoms with Gasteiger partial charge in [-0.1, -0.05) is 0 Å². The number of thiazole rings is 1. The molecule has 1 saturated heterocycles. The third-order valence-corrected chi connectivity index (χ3v) is 3.32. The van der Waals surface area contributed by atoms with Crippen LogP contribution < -0.4 is 5.32 Å². The maximum Gasteiger partial charge on any atom is 0.255 e. The molecule has 1 atom stereocenters. The molecule has 2 heterocycles. The van der Waals surface area contributed by atoms with Gasteiger partial charge in [0.1, 0.15) is 11.8 Å². The van der Waals surface area contributed by atoms with Crippen LogP contribution in [0.5, 0.6) is 0 Å². The second kappa shape index (κ2) is 5.37. The second-order valence-corrected chi connectivity index (χ2v) is 4.80. The summed E-state index contributed by atoms with van der Waals surface area (Å²) in [4.78, 5) is 26.9. The molecule has 0 spiro atoms. The van der Waals surface area contributed by atoms with Gasteiger partial charge in [0.25, 0.3) is 5.91 Å². The number of hydrogen-bond donors (Lipinski definition) is 1. The van der Waals surface area contributed by atoms with Gasteiger partial charge in [-0.15, -0.1) is 11.3 Å². The fraction of sp³-hybridized carbons (Fsp3) is 0.545. The van der Waals surface area contributed by atoms with Crippen LogP contribution in [0.1, 0.15) is 36.7 Å². The van der Waals surface area contributed by atoms with Crippen LogP contribution in [-0.4, -0.2) is 29.4 Å². The molecule has 0 aromatic carbocycles. The number of hydrogen-bond acceptors (Lipinski definition) is 5. The van der Waals surface area contributed by atoms with Gasteiger partial charge >= 0.3 is 0 Å². The van der Waals surface area contributed by atoms with Crippen LogP contribution in [0, 0.1) is 0 Å². The predicted molar refractivity (Wildman–Crippen MR) is 64.3 cm³/mol. The Bertz CT molecular complexity index is 424. The molecular formula is C11H14N2O3S. The molecule has 1 N–H and O–H groups in total. The standard InChI is InChI=1S/C11H14N2O3S/c1-7(14)8-6-17-11(12-8)13-10(15)9-4-2-3-5-16-9/h6,9H,2-5H2,1H3,(H,12,13,15). The van der Waals surface area contributed by atoms with Crippen molar-refractivity contribution >= 4 is 28.2 Å². The van der Waals surface area contributed by atoms with Crippen LogP contribution in [0.4, 0.5) is 5.13 Å². The Balaban J connectivity index is 1.94. The third kappa shape index (κ3) is 3.10. The minimum Gasteiger partial charge on any atom is -0.368 e. The van der Waals surface area contributed by atoms with E-state index in [9.17, 15) is 9.59 Å². The normalized spacial score (nSPS) is 19.9. The van der Waals surface area contributed by atoms with Crippen molar-refractivity contribution < 1.29 is 14.3 Å². The summed E-state index contributed by atoms with van der Waals surface area (Å²) in [6, 6.07) is 0. The number of amides is 1. The van der Waals surface area contributed by atoms with E-state index < -0.39 is 0 Å². The number of carbonyl (C=O) groups excluding carboxylic acids is 2. The Morgan fingerprint density at radius 2 is 2.35 bits per heavy atom. The highest BCUT2D eigenvalue weighted by Crippen LogP contribution is 2.18. The van der Waals surface area contributed by atoms with Gasteiger partial charge in [0.05, 0.1) is 0 Å². The van der Waals surface area contributed by atoms with Gasteiger partial charge in [-0.3, -0.25) is 14.9 Å². The predicted octanol–water partition coefficient (Wildman–Crippen LogP) is 1.85. The number of ether oxygens (including phenoxy) is 1. The molecule has 1 aromatic heterocycles. The quantitative estimate of drug-likeness (QED) is 0.836. The molecule has 1 fully saturated rings. The van der Waals surface area contributed by atoms with E-state index in [1.807, 2.05) is 0 Å². The summed E-state index contributed by atoms with van der Waals surface area (Å²) in [6.45, 7) is 2.08. The van der Waals surface area contributed by atoms with E-state index in [0.29, 0.717) is 17.4 Å². The van der Waals surface area contributed by atoms with Gasteiger partial charge in [0.15, 0.2) is 10.9 Å². The van der Waals surface area contributed by atoms with E-state index in [1.54, 1.807) is 5.38 Å². The number of carbonyl (C=O) groups is 2. The maximum absolute atomic E-state index is 11.8. The summed E-state index contributed by atoms with van der Waals surface area (Å²) in [5, 5.41) is 4.77. The molecule has 1 aliphatic heterocycles. The first kappa shape index (κ1) is 12.2. The second-order valence-electron chi connectivity index (χ2n) is 3.94. The average molecular weight is 254 g/mol. The van der Waals surface area contributed by atoms with Crippen LogP contribution in [0.3, 0.4) is 0 Å². The summed E-state index contributed by atoms with van der Waals surface area (Å²) >= 11 is 1.25. The lowest BCUT2D eigenvalue weighted by atomic mass is 10.1. The molecule has 1 amide bonds. The number of aromatic nitrogens is 1. The van der Waals surface area contributed by atoms with Crippen LogP contribution in [-0.2, 0) is 9.53 Å². The minimum atomic E-state index is -0.381. The smallest absolute Gasteiger partial charge is 0.255 e. The monoisotopic (exact) mass is 254 g/mol. The van der Waals surface area contributed by atoms with Crippen molar-refractivity contribution in [1.29, 1.82) is 0 Å². The zero-order chi connectivity index (χ0) is 12.3. The largest absolute Gasteiger partial charge is 0.368 e. The van der Waals surface area contributed by atoms with Crippen molar-refractivity contribution in [3.05, 3.63) is 11.1 Å². The van der Waals surface area contributed by atoms with Crippen LogP contribution in [0.25, 0.3) is 0 Å². The Labute approximate surface area is 103 Å². The molecule has 6 heteroatoms. The van der Waals surface area contributed by atoms with E-state index in [1.165, 1.54) is 18.3 Å². The summed E-state index contributed by atoms with van der Waals surface area (Å²) in [6.07, 6.45) is 2.38. The number of Topliss-reactive ketones (excluding diaryl/α,β-unsaturated/α-hetero) is 1. The summed E-state index contributed by atoms with van der Waals surface area (Å²) in [5.74, 6) is -0.273. The molecule has 1 aliphatic rings. The highest BCUT2D eigenvalue weighted by atomic mass is 32.1. The Hall–Kier alpha value is -1.27. The van der Waals surface area contributed by atoms with E-state index in [-0.39, 0.29) is 17.8 Å². The van der Waals surface area contributed by atoms with Gasteiger partial charge in [0.2, 0.25) is 0 Å². The SMILES string of the molecule is CC(=O)c1csc(NC(=O)C2CCCCO2)n1. The summed E-state index contributed by atoms with van der Waals surface area (Å²) in [5.41, 5.74) is 0.384. The molecule has 1 aromatic rings. The molecule has 0 saturated carbocycles. The van der Waals surface area contributed by atoms with Crippen molar-refractivity contribution in [2.24, 2.45) is 0 Å². The number of nitrogens with one attached hydrogen (secondary N) is 1. The fourth-order valence-electron chi connectivity index (χ4n) is 1.63. The van der Waals surface area contributed by atoms with Gasteiger partial charge in [-0.25, -0.2) is 4.98 Å². The summed E-state index contributed by atoms with van der Waals surface area (Å²) in [7, 11) is 0. The Morgan fingerprint density at radius 1 is 1.53 bits per heavy atom. The molecule has 0 radical (unpaired) electrons. The molecule has 5 nitrogen and oxygen atoms in total. The van der Waals surface area contributed by atoms with Gasteiger partial charge in [-0.05, 0) is 19.3 Å². The zero-order valence-corrected chi connectivity index (χ0v) is 10.4. The van der Waals surface area contributed by atoms with Crippen molar-refractivity contribution in [2.45, 2.75) is 32.3 Å². The lowest BCUT2D eigenvalue weighted by Gasteiger charge is -2.20. The number of rotatable bonds is 3. The van der Waals surface area contributed by atoms with Crippen LogP contribution >= 0.6 is 11.3 Å². The lowest BCUT2D eigenvalue weighted by molar-refractivity contribution is -0.129. The van der Waals surface area contributed by atoms with Crippen LogP contribution in [0.2, 0.25) is 0 Å². The zero-order valence-electron chi connectivity index (χ0n) is 9.56. The average Bonchev–Trinajstić information content (AvgIpc) is 2.79. The summed E-state index contributed by atoms with van der Waals surface area (Å²) < 4.78 is 5.36. The van der Waals surface area contributed by atoms with E-state index in [0.717, 1.165) is 19.3 Å². The highest BCUT2D eigenvalue weighted by molar-refractivity contribution is 7.14. The molecular weight excluding hydrogens is 240 g/mol. The fourth-order valence-corrected chi connectivity index (χ4v) is 2.38. The first-order valence-electron chi connectivity index (χ1n) is 5.56. The van der Waals surface area contributed by atoms with Crippen molar-refractivity contribution in [3.8, 4) is 0 Å². The first-order chi connectivity index (χ1) is 8.16. The highest BCUT2D eigenvalue weighted by Gasteiger charge is 2.22. The third-order valence-electron chi connectivity index (χ3n) is 2.57. The van der Waals surface area contributed by atoms with Crippen molar-refractivity contribution in [2.75, 3.05) is 11.9 Å². The molecule has 1 unspecified atom stereocenters. The minimum absolute atomic E-state index is 0.101. The van der Waals surface area contributed by atoms with E-state index in [2.05, 4.69) is 10.3 Å². The Morgan fingerprint density at radius 3 is 2.94 bits per heavy atom. The maximum atomic E-state index is 11.8. The topological polar surface area (TPSA) is 68.3 Å². The molecule has 92 valence electrons. The van der Waals surface area contributed by atoms with Gasteiger partial charge in [0, 0.05) is 18.9 Å². The first-order valence-corrected chi connectivity index (χ1v) is 6.43. The Kier molecular flexibility index (Phi) is 3.86. The van der Waals surface area contributed by atoms with Crippen molar-refractivity contribution in [3.63, 3.8) is 0 Å². The molecule has 17 heavy (non-hydrogen) atoms. The molecule has 0 aliphatic carbocycles. The molecule has 0 bridgehead atoms. The van der Waals surface area contributed by atoms with Gasteiger partial charge < -0.3 is 4.74 Å². The molecule has 2 rings (SSSR count). The van der Waals surface area contributed by atoms with Gasteiger partial charge in [-0.2, -0.15) is 0 Å². The number of ketones is 1.